The lowest BCUT2D eigenvalue weighted by atomic mass is 9.78. The zero-order valence-electron chi connectivity index (χ0n) is 11.9. The van der Waals surface area contributed by atoms with E-state index in [1.807, 2.05) is 12.1 Å². The highest BCUT2D eigenvalue weighted by Gasteiger charge is 2.32. The fraction of sp³-hybridized carbons (Fsp3) is 0.375. The summed E-state index contributed by atoms with van der Waals surface area (Å²) >= 11 is 6.11. The maximum absolute atomic E-state index is 11.9. The van der Waals surface area contributed by atoms with Crippen molar-refractivity contribution in [3.63, 3.8) is 0 Å². The van der Waals surface area contributed by atoms with Gasteiger partial charge in [-0.3, -0.25) is 9.59 Å². The van der Waals surface area contributed by atoms with Gasteiger partial charge in [-0.1, -0.05) is 25.4 Å². The van der Waals surface area contributed by atoms with Crippen molar-refractivity contribution in [2.24, 2.45) is 5.41 Å². The molecule has 1 N–H and O–H groups in total. The maximum atomic E-state index is 11.9. The van der Waals surface area contributed by atoms with Crippen LogP contribution in [-0.4, -0.2) is 11.6 Å². The highest BCUT2D eigenvalue weighted by atomic mass is 35.5. The van der Waals surface area contributed by atoms with Crippen molar-refractivity contribution in [1.29, 1.82) is 0 Å². The van der Waals surface area contributed by atoms with Gasteiger partial charge in [-0.05, 0) is 43.0 Å². The first-order valence-electron chi connectivity index (χ1n) is 6.58. The number of hydrogen-bond acceptors (Lipinski definition) is 3. The van der Waals surface area contributed by atoms with Crippen LogP contribution in [0, 0.1) is 5.41 Å². The molecule has 0 saturated carbocycles. The number of halogens is 1. The van der Waals surface area contributed by atoms with Gasteiger partial charge < -0.3 is 5.32 Å². The second kappa shape index (κ2) is 5.41. The highest BCUT2D eigenvalue weighted by Crippen LogP contribution is 2.38. The Kier molecular flexibility index (Phi) is 4.00. The SMILES string of the molecule is CC(=O)c1ccc(NC2=C(Cl)C(=O)CC(C)(C)C2)cc1. The highest BCUT2D eigenvalue weighted by molar-refractivity contribution is 6.43. The molecule has 0 heterocycles. The van der Waals surface area contributed by atoms with Crippen molar-refractivity contribution >= 4 is 28.9 Å². The monoisotopic (exact) mass is 291 g/mol. The van der Waals surface area contributed by atoms with Crippen LogP contribution in [0.1, 0.15) is 44.0 Å². The number of ketones is 2. The summed E-state index contributed by atoms with van der Waals surface area (Å²) in [5.74, 6) is 0.00792. The van der Waals surface area contributed by atoms with Crippen LogP contribution in [0.5, 0.6) is 0 Å². The topological polar surface area (TPSA) is 46.2 Å². The lowest BCUT2D eigenvalue weighted by Crippen LogP contribution is -2.26. The number of carbonyl (C=O) groups is 2. The summed E-state index contributed by atoms with van der Waals surface area (Å²) in [6.07, 6.45) is 1.20. The Labute approximate surface area is 124 Å². The Morgan fingerprint density at radius 1 is 1.20 bits per heavy atom. The first kappa shape index (κ1) is 14.8. The van der Waals surface area contributed by atoms with Gasteiger partial charge in [-0.15, -0.1) is 0 Å². The van der Waals surface area contributed by atoms with Gasteiger partial charge in [-0.2, -0.15) is 0 Å². The minimum atomic E-state index is -0.0862. The number of allylic oxidation sites excluding steroid dienone is 2. The smallest absolute Gasteiger partial charge is 0.176 e. The third-order valence-electron chi connectivity index (χ3n) is 3.39. The molecule has 0 saturated heterocycles. The number of Topliss-reactive ketones (excluding diaryl/α,β-unsaturated/α-hetero) is 2. The van der Waals surface area contributed by atoms with Crippen LogP contribution in [0.3, 0.4) is 0 Å². The molecule has 0 aliphatic heterocycles. The van der Waals surface area contributed by atoms with E-state index in [0.717, 1.165) is 17.8 Å². The van der Waals surface area contributed by atoms with Gasteiger partial charge in [0.2, 0.25) is 0 Å². The van der Waals surface area contributed by atoms with Crippen LogP contribution in [-0.2, 0) is 4.79 Å². The number of anilines is 1. The number of hydrogen-bond donors (Lipinski definition) is 1. The zero-order valence-corrected chi connectivity index (χ0v) is 12.7. The fourth-order valence-electron chi connectivity index (χ4n) is 2.36. The number of benzene rings is 1. The summed E-state index contributed by atoms with van der Waals surface area (Å²) < 4.78 is 0. The lowest BCUT2D eigenvalue weighted by Gasteiger charge is -2.30. The fourth-order valence-corrected chi connectivity index (χ4v) is 2.54. The quantitative estimate of drug-likeness (QED) is 0.851. The second-order valence-electron chi connectivity index (χ2n) is 5.99. The van der Waals surface area contributed by atoms with E-state index in [1.54, 1.807) is 12.1 Å². The van der Waals surface area contributed by atoms with Crippen molar-refractivity contribution in [2.75, 3.05) is 5.32 Å². The predicted molar refractivity (Wildman–Crippen MR) is 81.0 cm³/mol. The molecule has 1 aliphatic carbocycles. The van der Waals surface area contributed by atoms with Gasteiger partial charge in [-0.25, -0.2) is 0 Å². The average molecular weight is 292 g/mol. The van der Waals surface area contributed by atoms with Crippen LogP contribution >= 0.6 is 11.6 Å². The second-order valence-corrected chi connectivity index (χ2v) is 6.37. The first-order chi connectivity index (χ1) is 9.28. The minimum Gasteiger partial charge on any atom is -0.358 e. The van der Waals surface area contributed by atoms with Crippen molar-refractivity contribution in [3.8, 4) is 0 Å². The molecular weight excluding hydrogens is 274 g/mol. The molecule has 0 aromatic heterocycles. The molecule has 1 aromatic carbocycles. The Morgan fingerprint density at radius 2 is 1.80 bits per heavy atom. The van der Waals surface area contributed by atoms with E-state index in [9.17, 15) is 9.59 Å². The van der Waals surface area contributed by atoms with E-state index in [4.69, 9.17) is 11.6 Å². The Balaban J connectivity index is 2.22. The van der Waals surface area contributed by atoms with Crippen molar-refractivity contribution in [3.05, 3.63) is 40.6 Å². The molecule has 1 aliphatic rings. The first-order valence-corrected chi connectivity index (χ1v) is 6.96. The Bertz CT molecular complexity index is 585. The van der Waals surface area contributed by atoms with Gasteiger partial charge in [0.15, 0.2) is 11.6 Å². The number of rotatable bonds is 3. The molecule has 0 atom stereocenters. The van der Waals surface area contributed by atoms with Crippen molar-refractivity contribution in [2.45, 2.75) is 33.6 Å². The summed E-state index contributed by atoms with van der Waals surface area (Å²) in [6.45, 7) is 5.63. The molecule has 0 fully saturated rings. The van der Waals surface area contributed by atoms with Crippen LogP contribution in [0.2, 0.25) is 0 Å². The Hall–Kier alpha value is -1.61. The van der Waals surface area contributed by atoms with Gasteiger partial charge >= 0.3 is 0 Å². The minimum absolute atomic E-state index is 0.0224. The average Bonchev–Trinajstić information content (AvgIpc) is 2.35. The normalized spacial score (nSPS) is 18.1. The van der Waals surface area contributed by atoms with E-state index in [-0.39, 0.29) is 17.0 Å². The predicted octanol–water partition coefficient (Wildman–Crippen LogP) is 4.14. The molecule has 3 nitrogen and oxygen atoms in total. The number of nitrogens with one attached hydrogen (secondary N) is 1. The molecule has 106 valence electrons. The van der Waals surface area contributed by atoms with Crippen LogP contribution < -0.4 is 5.32 Å². The molecule has 20 heavy (non-hydrogen) atoms. The van der Waals surface area contributed by atoms with E-state index >= 15 is 0 Å². The van der Waals surface area contributed by atoms with Gasteiger partial charge in [0.05, 0.1) is 0 Å². The Morgan fingerprint density at radius 3 is 2.35 bits per heavy atom. The van der Waals surface area contributed by atoms with Crippen molar-refractivity contribution in [1.82, 2.24) is 0 Å². The number of carbonyl (C=O) groups excluding carboxylic acids is 2. The van der Waals surface area contributed by atoms with Gasteiger partial charge in [0.1, 0.15) is 5.03 Å². The van der Waals surface area contributed by atoms with Gasteiger partial charge in [0, 0.05) is 23.4 Å². The van der Waals surface area contributed by atoms with Crippen LogP contribution in [0.4, 0.5) is 5.69 Å². The van der Waals surface area contributed by atoms with E-state index in [2.05, 4.69) is 19.2 Å². The lowest BCUT2D eigenvalue weighted by molar-refractivity contribution is -0.117. The van der Waals surface area contributed by atoms with Gasteiger partial charge in [0.25, 0.3) is 0 Å². The molecule has 4 heteroatoms. The third kappa shape index (κ3) is 3.28. The summed E-state index contributed by atoms with van der Waals surface area (Å²) in [5.41, 5.74) is 2.16. The van der Waals surface area contributed by atoms with E-state index in [0.29, 0.717) is 17.0 Å². The van der Waals surface area contributed by atoms with E-state index < -0.39 is 0 Å². The molecule has 0 unspecified atom stereocenters. The molecule has 0 bridgehead atoms. The molecule has 0 radical (unpaired) electrons. The third-order valence-corrected chi connectivity index (χ3v) is 3.83. The largest absolute Gasteiger partial charge is 0.358 e. The molecule has 0 amide bonds. The summed E-state index contributed by atoms with van der Waals surface area (Å²) in [4.78, 5) is 23.1. The van der Waals surface area contributed by atoms with E-state index in [1.165, 1.54) is 6.92 Å². The summed E-state index contributed by atoms with van der Waals surface area (Å²) in [5, 5.41) is 3.49. The maximum Gasteiger partial charge on any atom is 0.176 e. The standard InChI is InChI=1S/C16H18ClNO2/c1-10(19)11-4-6-12(7-5-11)18-13-8-16(2,3)9-14(20)15(13)17/h4-7,18H,8-9H2,1-3H3. The van der Waals surface area contributed by atoms with Crippen LogP contribution in [0.15, 0.2) is 35.0 Å². The molecular formula is C16H18ClNO2. The zero-order chi connectivity index (χ0) is 14.9. The summed E-state index contributed by atoms with van der Waals surface area (Å²) in [6, 6.07) is 7.16. The molecule has 2 rings (SSSR count). The molecule has 0 spiro atoms. The summed E-state index contributed by atoms with van der Waals surface area (Å²) in [7, 11) is 0. The molecule has 1 aromatic rings. The van der Waals surface area contributed by atoms with Crippen LogP contribution in [0.25, 0.3) is 0 Å². The van der Waals surface area contributed by atoms with Crippen molar-refractivity contribution < 1.29 is 9.59 Å².